The van der Waals surface area contributed by atoms with Gasteiger partial charge in [0.05, 0.1) is 0 Å². The lowest BCUT2D eigenvalue weighted by Crippen LogP contribution is -2.43. The Morgan fingerprint density at radius 3 is 1.88 bits per heavy atom. The molecule has 0 saturated carbocycles. The van der Waals surface area contributed by atoms with E-state index in [9.17, 15) is 0 Å². The van der Waals surface area contributed by atoms with Crippen LogP contribution in [0.4, 0.5) is 0 Å². The first kappa shape index (κ1) is 33.2. The van der Waals surface area contributed by atoms with Gasteiger partial charge >= 0.3 is 0 Å². The summed E-state index contributed by atoms with van der Waals surface area (Å²) in [6.07, 6.45) is 12.5. The van der Waals surface area contributed by atoms with Crippen molar-refractivity contribution in [1.29, 1.82) is 0 Å². The van der Waals surface area contributed by atoms with Gasteiger partial charge in [0.2, 0.25) is 0 Å². The van der Waals surface area contributed by atoms with Gasteiger partial charge in [0.1, 0.15) is 0 Å². The van der Waals surface area contributed by atoms with Gasteiger partial charge in [0.25, 0.3) is 0 Å². The molecule has 0 spiro atoms. The van der Waals surface area contributed by atoms with E-state index in [2.05, 4.69) is 91.1 Å². The predicted molar refractivity (Wildman–Crippen MR) is 155 cm³/mol. The fraction of sp³-hybridized carbons (Fsp3) is 0.871. The van der Waals surface area contributed by atoms with Gasteiger partial charge in [-0.3, -0.25) is 0 Å². The van der Waals surface area contributed by atoms with Crippen molar-refractivity contribution >= 4 is 0 Å². The van der Waals surface area contributed by atoms with Crippen LogP contribution in [0.25, 0.3) is 0 Å². The summed E-state index contributed by atoms with van der Waals surface area (Å²) in [5.41, 5.74) is 2.67. The fourth-order valence-electron chi connectivity index (χ4n) is 4.73. The van der Waals surface area contributed by atoms with E-state index in [-0.39, 0.29) is 0 Å². The summed E-state index contributed by atoms with van der Waals surface area (Å²) in [7, 11) is 2.33. The molecule has 0 aliphatic rings. The molecule has 2 N–H and O–H groups in total. The maximum atomic E-state index is 4.59. The highest BCUT2D eigenvalue weighted by molar-refractivity contribution is 5.08. The van der Waals surface area contributed by atoms with E-state index in [1.165, 1.54) is 69.1 Å². The van der Waals surface area contributed by atoms with E-state index in [1.54, 1.807) is 0 Å². The van der Waals surface area contributed by atoms with Gasteiger partial charge in [-0.2, -0.15) is 0 Å². The molecule has 0 saturated heterocycles. The van der Waals surface area contributed by atoms with E-state index in [1.807, 2.05) is 0 Å². The van der Waals surface area contributed by atoms with Crippen LogP contribution in [0.3, 0.4) is 0 Å². The van der Waals surface area contributed by atoms with Crippen molar-refractivity contribution in [2.24, 2.45) is 17.8 Å². The monoisotopic (exact) mass is 478 g/mol. The Labute approximate surface area is 215 Å². The highest BCUT2D eigenvalue weighted by Gasteiger charge is 2.29. The Bertz CT molecular complexity index is 521. The number of hydrogen-bond donors (Lipinski definition) is 2. The SMILES string of the molecule is C=C(CCCCC(C)C)NCCCCC(C(CCCCNC(C)C)C(=C)C(C)C)N(C)C(C)C. The van der Waals surface area contributed by atoms with Crippen molar-refractivity contribution < 1.29 is 0 Å². The van der Waals surface area contributed by atoms with E-state index in [0.29, 0.717) is 30.0 Å². The lowest BCUT2D eigenvalue weighted by atomic mass is 9.79. The lowest BCUT2D eigenvalue weighted by Gasteiger charge is -2.39. The van der Waals surface area contributed by atoms with Gasteiger partial charge in [-0.05, 0) is 83.7 Å². The van der Waals surface area contributed by atoms with Gasteiger partial charge in [0.15, 0.2) is 0 Å². The van der Waals surface area contributed by atoms with Crippen LogP contribution in [0.2, 0.25) is 0 Å². The number of nitrogens with one attached hydrogen (secondary N) is 2. The molecule has 2 unspecified atom stereocenters. The van der Waals surface area contributed by atoms with Crippen molar-refractivity contribution in [3.8, 4) is 0 Å². The minimum Gasteiger partial charge on any atom is -0.389 e. The molecule has 3 heteroatoms. The van der Waals surface area contributed by atoms with Crippen molar-refractivity contribution in [2.75, 3.05) is 20.1 Å². The molecule has 0 fully saturated rings. The largest absolute Gasteiger partial charge is 0.389 e. The van der Waals surface area contributed by atoms with Crippen LogP contribution in [0, 0.1) is 17.8 Å². The van der Waals surface area contributed by atoms with Gasteiger partial charge in [0, 0.05) is 30.4 Å². The van der Waals surface area contributed by atoms with Crippen LogP contribution in [0.15, 0.2) is 24.4 Å². The molecule has 3 nitrogen and oxygen atoms in total. The summed E-state index contributed by atoms with van der Waals surface area (Å²) >= 11 is 0. The number of nitrogens with zero attached hydrogens (tertiary/aromatic N) is 1. The second-order valence-corrected chi connectivity index (χ2v) is 11.9. The maximum absolute atomic E-state index is 4.59. The molecule has 0 aromatic carbocycles. The minimum absolute atomic E-state index is 0.544. The van der Waals surface area contributed by atoms with Gasteiger partial charge < -0.3 is 15.5 Å². The minimum atomic E-state index is 0.544. The zero-order valence-corrected chi connectivity index (χ0v) is 24.8. The topological polar surface area (TPSA) is 27.3 Å². The molecule has 0 radical (unpaired) electrons. The normalized spacial score (nSPS) is 13.9. The quantitative estimate of drug-likeness (QED) is 0.122. The smallest absolute Gasteiger partial charge is 0.0160 e. The van der Waals surface area contributed by atoms with E-state index in [0.717, 1.165) is 25.4 Å². The molecule has 0 amide bonds. The van der Waals surface area contributed by atoms with Crippen molar-refractivity contribution in [3.05, 3.63) is 24.4 Å². The first-order valence-corrected chi connectivity index (χ1v) is 14.5. The molecular weight excluding hydrogens is 414 g/mol. The zero-order valence-electron chi connectivity index (χ0n) is 24.8. The number of hydrogen-bond acceptors (Lipinski definition) is 3. The van der Waals surface area contributed by atoms with Crippen molar-refractivity contribution in [1.82, 2.24) is 15.5 Å². The fourth-order valence-corrected chi connectivity index (χ4v) is 4.73. The Kier molecular flexibility index (Phi) is 18.9. The van der Waals surface area contributed by atoms with Crippen LogP contribution in [0.5, 0.6) is 0 Å². The van der Waals surface area contributed by atoms with Crippen LogP contribution >= 0.6 is 0 Å². The number of allylic oxidation sites excluding steroid dienone is 1. The van der Waals surface area contributed by atoms with E-state index >= 15 is 0 Å². The van der Waals surface area contributed by atoms with Gasteiger partial charge in [-0.1, -0.05) is 86.0 Å². The molecule has 0 heterocycles. The average molecular weight is 478 g/mol. The molecule has 34 heavy (non-hydrogen) atoms. The van der Waals surface area contributed by atoms with Crippen molar-refractivity contribution in [2.45, 2.75) is 138 Å². The molecule has 202 valence electrons. The van der Waals surface area contributed by atoms with Crippen LogP contribution < -0.4 is 10.6 Å². The number of unbranched alkanes of at least 4 members (excludes halogenated alkanes) is 3. The molecule has 2 atom stereocenters. The Morgan fingerprint density at radius 2 is 1.32 bits per heavy atom. The standard InChI is InChI=1S/C31H63N3/c1-24(2)18-12-13-19-28(9)33-23-17-15-21-31(34(11)27(7)8)30(29(10)25(3)4)20-14-16-22-32-26(5)6/h24-27,30-33H,9-10,12-23H2,1-8,11H3. The summed E-state index contributed by atoms with van der Waals surface area (Å²) in [6.45, 7) is 29.4. The Morgan fingerprint density at radius 1 is 0.735 bits per heavy atom. The molecule has 0 bridgehead atoms. The highest BCUT2D eigenvalue weighted by Crippen LogP contribution is 2.32. The summed E-state index contributed by atoms with van der Waals surface area (Å²) in [6, 6.07) is 1.71. The second-order valence-electron chi connectivity index (χ2n) is 11.9. The third kappa shape index (κ3) is 16.0. The summed E-state index contributed by atoms with van der Waals surface area (Å²) < 4.78 is 0. The first-order chi connectivity index (χ1) is 16.0. The predicted octanol–water partition coefficient (Wildman–Crippen LogP) is 8.18. The Balaban J connectivity index is 4.74. The third-order valence-corrected chi connectivity index (χ3v) is 7.33. The van der Waals surface area contributed by atoms with Crippen LogP contribution in [-0.2, 0) is 0 Å². The van der Waals surface area contributed by atoms with E-state index in [4.69, 9.17) is 0 Å². The van der Waals surface area contributed by atoms with Gasteiger partial charge in [-0.25, -0.2) is 0 Å². The molecule has 0 aliphatic carbocycles. The summed E-state index contributed by atoms with van der Waals surface area (Å²) in [5.74, 6) is 1.93. The third-order valence-electron chi connectivity index (χ3n) is 7.33. The molecule has 0 aromatic heterocycles. The van der Waals surface area contributed by atoms with Crippen molar-refractivity contribution in [3.63, 3.8) is 0 Å². The van der Waals surface area contributed by atoms with Gasteiger partial charge in [-0.15, -0.1) is 0 Å². The summed E-state index contributed by atoms with van der Waals surface area (Å²) in [4.78, 5) is 2.62. The lowest BCUT2D eigenvalue weighted by molar-refractivity contribution is 0.132. The number of rotatable bonds is 22. The maximum Gasteiger partial charge on any atom is 0.0160 e. The van der Waals surface area contributed by atoms with E-state index < -0.39 is 0 Å². The average Bonchev–Trinajstić information content (AvgIpc) is 2.75. The molecule has 0 aromatic rings. The first-order valence-electron chi connectivity index (χ1n) is 14.5. The van der Waals surface area contributed by atoms with Crippen LogP contribution in [-0.4, -0.2) is 43.2 Å². The summed E-state index contributed by atoms with van der Waals surface area (Å²) in [5, 5.41) is 7.16. The Hall–Kier alpha value is -0.800. The zero-order chi connectivity index (χ0) is 26.1. The highest BCUT2D eigenvalue weighted by atomic mass is 15.2. The molecule has 0 aliphatic heterocycles. The molecule has 0 rings (SSSR count). The molecular formula is C31H63N3. The van der Waals surface area contributed by atoms with Crippen LogP contribution in [0.1, 0.15) is 120 Å². The second kappa shape index (κ2) is 19.4.